The van der Waals surface area contributed by atoms with E-state index in [4.69, 9.17) is 9.47 Å². The van der Waals surface area contributed by atoms with Crippen LogP contribution in [0.4, 0.5) is 5.69 Å². The second-order valence-corrected chi connectivity index (χ2v) is 6.39. The van der Waals surface area contributed by atoms with Gasteiger partial charge in [0.1, 0.15) is 11.5 Å². The number of anilines is 1. The van der Waals surface area contributed by atoms with Crippen molar-refractivity contribution in [2.24, 2.45) is 5.92 Å². The third-order valence-corrected chi connectivity index (χ3v) is 4.77. The Hall–Kier alpha value is -2.76. The summed E-state index contributed by atoms with van der Waals surface area (Å²) in [6, 6.07) is 9.59. The van der Waals surface area contributed by atoms with Gasteiger partial charge in [-0.25, -0.2) is 0 Å². The Kier molecular flexibility index (Phi) is 5.94. The molecule has 0 aliphatic carbocycles. The van der Waals surface area contributed by atoms with E-state index >= 15 is 0 Å². The highest BCUT2D eigenvalue weighted by Crippen LogP contribution is 2.25. The van der Waals surface area contributed by atoms with E-state index in [1.165, 1.54) is 0 Å². The summed E-state index contributed by atoms with van der Waals surface area (Å²) in [5.41, 5.74) is 2.05. The molecule has 1 atom stereocenters. The minimum Gasteiger partial charge on any atom is -0.497 e. The van der Waals surface area contributed by atoms with Gasteiger partial charge in [0.15, 0.2) is 0 Å². The Morgan fingerprint density at radius 2 is 2.04 bits per heavy atom. The van der Waals surface area contributed by atoms with Gasteiger partial charge >= 0.3 is 0 Å². The second kappa shape index (κ2) is 8.56. The first kappa shape index (κ1) is 18.0. The van der Waals surface area contributed by atoms with Crippen LogP contribution in [-0.4, -0.2) is 38.2 Å². The van der Waals surface area contributed by atoms with Crippen molar-refractivity contribution in [3.63, 3.8) is 0 Å². The van der Waals surface area contributed by atoms with Gasteiger partial charge in [-0.1, -0.05) is 0 Å². The number of methoxy groups -OCH3 is 2. The average Bonchev–Trinajstić information content (AvgIpc) is 2.72. The Balaban J connectivity index is 1.60. The number of carbonyl (C=O) groups excluding carboxylic acids is 1. The number of carbonyl (C=O) groups is 1. The minimum atomic E-state index is -0.0128. The fourth-order valence-electron chi connectivity index (χ4n) is 3.31. The third-order valence-electron chi connectivity index (χ3n) is 4.77. The van der Waals surface area contributed by atoms with Crippen LogP contribution in [0.3, 0.4) is 0 Å². The lowest BCUT2D eigenvalue weighted by Crippen LogP contribution is -2.43. The lowest BCUT2D eigenvalue weighted by Gasteiger charge is -2.33. The summed E-state index contributed by atoms with van der Waals surface area (Å²) in [6.07, 6.45) is 5.49. The smallest absolute Gasteiger partial charge is 0.225 e. The van der Waals surface area contributed by atoms with Crippen LogP contribution >= 0.6 is 0 Å². The molecule has 1 amide bonds. The number of hydrogen-bond acceptors (Lipinski definition) is 5. The maximum absolute atomic E-state index is 12.7. The average molecular weight is 355 g/mol. The number of benzene rings is 1. The van der Waals surface area contributed by atoms with E-state index in [1.807, 2.05) is 30.3 Å². The fourth-order valence-corrected chi connectivity index (χ4v) is 3.31. The molecule has 6 nitrogen and oxygen atoms in total. The van der Waals surface area contributed by atoms with E-state index in [0.717, 1.165) is 42.9 Å². The highest BCUT2D eigenvalue weighted by atomic mass is 16.5. The number of hydrogen-bond donors (Lipinski definition) is 1. The van der Waals surface area contributed by atoms with Crippen LogP contribution in [-0.2, 0) is 11.3 Å². The zero-order valence-electron chi connectivity index (χ0n) is 15.3. The summed E-state index contributed by atoms with van der Waals surface area (Å²) in [6.45, 7) is 2.15. The van der Waals surface area contributed by atoms with Crippen LogP contribution < -0.4 is 19.7 Å². The number of nitrogens with one attached hydrogen (secondary N) is 1. The van der Waals surface area contributed by atoms with Crippen molar-refractivity contribution < 1.29 is 14.3 Å². The zero-order chi connectivity index (χ0) is 18.4. The van der Waals surface area contributed by atoms with Crippen LogP contribution in [0.25, 0.3) is 0 Å². The second-order valence-electron chi connectivity index (χ2n) is 6.39. The molecule has 0 bridgehead atoms. The van der Waals surface area contributed by atoms with E-state index < -0.39 is 0 Å². The van der Waals surface area contributed by atoms with E-state index in [2.05, 4.69) is 15.2 Å². The van der Waals surface area contributed by atoms with E-state index in [0.29, 0.717) is 12.3 Å². The summed E-state index contributed by atoms with van der Waals surface area (Å²) in [4.78, 5) is 19.0. The third kappa shape index (κ3) is 4.25. The quantitative estimate of drug-likeness (QED) is 0.863. The number of nitrogens with zero attached hydrogens (tertiary/aromatic N) is 2. The molecule has 1 aliphatic heterocycles. The summed E-state index contributed by atoms with van der Waals surface area (Å²) in [5.74, 6) is 1.52. The molecule has 3 rings (SSSR count). The molecular weight excluding hydrogens is 330 g/mol. The normalized spacial score (nSPS) is 16.8. The number of ether oxygens (including phenoxy) is 2. The largest absolute Gasteiger partial charge is 0.497 e. The topological polar surface area (TPSA) is 63.7 Å². The van der Waals surface area contributed by atoms with Crippen molar-refractivity contribution in [2.75, 3.05) is 32.2 Å². The molecule has 6 heteroatoms. The molecule has 0 radical (unpaired) electrons. The van der Waals surface area contributed by atoms with Crippen LogP contribution in [0.15, 0.2) is 42.7 Å². The Morgan fingerprint density at radius 3 is 2.77 bits per heavy atom. The van der Waals surface area contributed by atoms with Gasteiger partial charge in [0.25, 0.3) is 0 Å². The molecule has 1 aliphatic rings. The van der Waals surface area contributed by atoms with E-state index in [9.17, 15) is 4.79 Å². The molecule has 0 saturated carbocycles. The predicted octanol–water partition coefficient (Wildman–Crippen LogP) is 2.63. The van der Waals surface area contributed by atoms with E-state index in [-0.39, 0.29) is 11.8 Å². The summed E-state index contributed by atoms with van der Waals surface area (Å²) in [7, 11) is 3.24. The van der Waals surface area contributed by atoms with Crippen LogP contribution in [0.5, 0.6) is 11.5 Å². The lowest BCUT2D eigenvalue weighted by molar-refractivity contribution is -0.125. The zero-order valence-corrected chi connectivity index (χ0v) is 15.3. The summed E-state index contributed by atoms with van der Waals surface area (Å²) < 4.78 is 10.6. The van der Waals surface area contributed by atoms with Crippen molar-refractivity contribution in [3.8, 4) is 11.5 Å². The van der Waals surface area contributed by atoms with Gasteiger partial charge in [-0.15, -0.1) is 0 Å². The lowest BCUT2D eigenvalue weighted by atomic mass is 9.96. The van der Waals surface area contributed by atoms with Gasteiger partial charge in [0, 0.05) is 49.3 Å². The van der Waals surface area contributed by atoms with Gasteiger partial charge in [-0.05, 0) is 37.1 Å². The Bertz CT molecular complexity index is 736. The molecule has 1 unspecified atom stereocenters. The highest BCUT2D eigenvalue weighted by Gasteiger charge is 2.26. The van der Waals surface area contributed by atoms with Crippen molar-refractivity contribution in [1.82, 2.24) is 10.3 Å². The monoisotopic (exact) mass is 355 g/mol. The van der Waals surface area contributed by atoms with Crippen LogP contribution in [0, 0.1) is 5.92 Å². The van der Waals surface area contributed by atoms with Crippen LogP contribution in [0.2, 0.25) is 0 Å². The van der Waals surface area contributed by atoms with Gasteiger partial charge in [-0.2, -0.15) is 0 Å². The number of aromatic nitrogens is 1. The number of pyridine rings is 1. The molecule has 0 spiro atoms. The molecule has 2 heterocycles. The number of piperidine rings is 1. The maximum Gasteiger partial charge on any atom is 0.225 e. The molecule has 1 fully saturated rings. The SMILES string of the molecule is COc1ccc(CNC(=O)C2CCCN(c3ccncc3)C2)c(OC)c1. The first-order valence-electron chi connectivity index (χ1n) is 8.85. The predicted molar refractivity (Wildman–Crippen MR) is 101 cm³/mol. The van der Waals surface area contributed by atoms with Crippen LogP contribution in [0.1, 0.15) is 18.4 Å². The first-order chi connectivity index (χ1) is 12.7. The van der Waals surface area contributed by atoms with Crippen molar-refractivity contribution in [2.45, 2.75) is 19.4 Å². The molecule has 1 aromatic heterocycles. The van der Waals surface area contributed by atoms with Crippen molar-refractivity contribution >= 4 is 11.6 Å². The summed E-state index contributed by atoms with van der Waals surface area (Å²) >= 11 is 0. The maximum atomic E-state index is 12.7. The molecule has 1 saturated heterocycles. The van der Waals surface area contributed by atoms with Gasteiger partial charge in [-0.3, -0.25) is 9.78 Å². The van der Waals surface area contributed by atoms with Gasteiger partial charge in [0.2, 0.25) is 5.91 Å². The van der Waals surface area contributed by atoms with Gasteiger partial charge < -0.3 is 19.7 Å². The Labute approximate surface area is 154 Å². The molecule has 1 aromatic carbocycles. The minimum absolute atomic E-state index is 0.0128. The summed E-state index contributed by atoms with van der Waals surface area (Å²) in [5, 5.41) is 3.05. The highest BCUT2D eigenvalue weighted by molar-refractivity contribution is 5.79. The Morgan fingerprint density at radius 1 is 1.23 bits per heavy atom. The molecule has 138 valence electrons. The van der Waals surface area contributed by atoms with E-state index in [1.54, 1.807) is 26.6 Å². The van der Waals surface area contributed by atoms with Crippen molar-refractivity contribution in [3.05, 3.63) is 48.3 Å². The standard InChI is InChI=1S/C20H25N3O3/c1-25-18-6-5-15(19(12-18)26-2)13-22-20(24)16-4-3-11-23(14-16)17-7-9-21-10-8-17/h5-10,12,16H,3-4,11,13-14H2,1-2H3,(H,22,24). The number of rotatable bonds is 6. The molecule has 26 heavy (non-hydrogen) atoms. The van der Waals surface area contributed by atoms with Crippen molar-refractivity contribution in [1.29, 1.82) is 0 Å². The molecule has 1 N–H and O–H groups in total. The number of amides is 1. The molecular formula is C20H25N3O3. The fraction of sp³-hybridized carbons (Fsp3) is 0.400. The van der Waals surface area contributed by atoms with Gasteiger partial charge in [0.05, 0.1) is 20.1 Å². The molecule has 2 aromatic rings. The first-order valence-corrected chi connectivity index (χ1v) is 8.85.